The number of aliphatic hydroxyl groups is 2. The minimum absolute atomic E-state index is 0.0313. The van der Waals surface area contributed by atoms with E-state index in [0.717, 1.165) is 25.2 Å². The summed E-state index contributed by atoms with van der Waals surface area (Å²) in [5, 5.41) is 30.3. The Morgan fingerprint density at radius 2 is 1.79 bits per heavy atom. The van der Waals surface area contributed by atoms with Crippen molar-refractivity contribution in [2.24, 2.45) is 46.3 Å². The molecule has 1 unspecified atom stereocenters. The fraction of sp³-hybridized carbons (Fsp3) is 0.958. The monoisotopic (exact) mass is 392 g/mol. The van der Waals surface area contributed by atoms with Crippen LogP contribution in [0.1, 0.15) is 85.0 Å². The van der Waals surface area contributed by atoms with Crippen LogP contribution in [0.4, 0.5) is 0 Å². The molecule has 10 atom stereocenters. The Labute approximate surface area is 170 Å². The van der Waals surface area contributed by atoms with Crippen molar-refractivity contribution in [1.82, 2.24) is 0 Å². The molecule has 4 fully saturated rings. The zero-order chi connectivity index (χ0) is 20.3. The molecule has 0 saturated heterocycles. The summed E-state index contributed by atoms with van der Waals surface area (Å²) in [7, 11) is 0. The highest BCUT2D eigenvalue weighted by atomic mass is 16.4. The molecule has 0 radical (unpaired) electrons. The number of carboxylic acids is 1. The van der Waals surface area contributed by atoms with Crippen molar-refractivity contribution in [3.8, 4) is 0 Å². The first-order chi connectivity index (χ1) is 13.2. The predicted molar refractivity (Wildman–Crippen MR) is 109 cm³/mol. The number of carboxylic acid groups (broad SMARTS) is 1. The number of rotatable bonds is 4. The van der Waals surface area contributed by atoms with E-state index in [9.17, 15) is 15.0 Å². The van der Waals surface area contributed by atoms with Crippen molar-refractivity contribution in [3.63, 3.8) is 0 Å². The summed E-state index contributed by atoms with van der Waals surface area (Å²) in [4.78, 5) is 11.1. The fourth-order valence-corrected chi connectivity index (χ4v) is 8.82. The third kappa shape index (κ3) is 3.05. The molecule has 4 rings (SSSR count). The molecule has 4 nitrogen and oxygen atoms in total. The molecule has 4 saturated carbocycles. The SMILES string of the molecule is C[C@H](CCC(=O)O)[C@H]1CC[C@H]2[C@@H]3CC[C@@H]4C[C@H](O)CC(O)[C@]4(C)[C@H]3CC[C@]12C. The third-order valence-corrected chi connectivity index (χ3v) is 10.3. The van der Waals surface area contributed by atoms with Crippen molar-refractivity contribution < 1.29 is 20.1 Å². The molecule has 0 aromatic carbocycles. The molecule has 0 bridgehead atoms. The summed E-state index contributed by atoms with van der Waals surface area (Å²) in [6, 6.07) is 0. The number of hydrogen-bond acceptors (Lipinski definition) is 3. The largest absolute Gasteiger partial charge is 0.481 e. The van der Waals surface area contributed by atoms with Gasteiger partial charge in [0.15, 0.2) is 0 Å². The second kappa shape index (κ2) is 7.27. The second-order valence-corrected chi connectivity index (χ2v) is 11.3. The van der Waals surface area contributed by atoms with Gasteiger partial charge in [-0.25, -0.2) is 0 Å². The van der Waals surface area contributed by atoms with Crippen molar-refractivity contribution in [3.05, 3.63) is 0 Å². The molecule has 4 heteroatoms. The van der Waals surface area contributed by atoms with Crippen LogP contribution in [-0.2, 0) is 4.79 Å². The standard InChI is InChI=1S/C24H40O4/c1-14(4-9-22(27)28)18-7-8-19-17-6-5-15-12-16(25)13-21(26)24(15,3)20(17)10-11-23(18,19)2/h14-21,25-26H,4-13H2,1-3H3,(H,27,28)/t14-,15-,16+,17+,18-,19+,20+,21?,23-,24+/m1/s1. The van der Waals surface area contributed by atoms with E-state index in [4.69, 9.17) is 5.11 Å². The molecule has 28 heavy (non-hydrogen) atoms. The van der Waals surface area contributed by atoms with Gasteiger partial charge in [-0.15, -0.1) is 0 Å². The van der Waals surface area contributed by atoms with Gasteiger partial charge in [0, 0.05) is 6.42 Å². The molecular formula is C24H40O4. The minimum Gasteiger partial charge on any atom is -0.481 e. The fourth-order valence-electron chi connectivity index (χ4n) is 8.82. The molecule has 4 aliphatic carbocycles. The second-order valence-electron chi connectivity index (χ2n) is 11.3. The lowest BCUT2D eigenvalue weighted by Crippen LogP contribution is -2.59. The summed E-state index contributed by atoms with van der Waals surface area (Å²) < 4.78 is 0. The summed E-state index contributed by atoms with van der Waals surface area (Å²) in [5.41, 5.74) is 0.303. The Balaban J connectivity index is 1.54. The van der Waals surface area contributed by atoms with E-state index in [0.29, 0.717) is 47.8 Å². The van der Waals surface area contributed by atoms with Gasteiger partial charge in [0.2, 0.25) is 0 Å². The summed E-state index contributed by atoms with van der Waals surface area (Å²) in [5.74, 6) is 2.91. The van der Waals surface area contributed by atoms with E-state index in [-0.39, 0.29) is 17.6 Å². The average Bonchev–Trinajstić information content (AvgIpc) is 2.98. The first kappa shape index (κ1) is 20.7. The highest BCUT2D eigenvalue weighted by molar-refractivity contribution is 5.66. The van der Waals surface area contributed by atoms with E-state index < -0.39 is 5.97 Å². The van der Waals surface area contributed by atoms with Crippen molar-refractivity contribution in [2.45, 2.75) is 97.2 Å². The zero-order valence-corrected chi connectivity index (χ0v) is 17.9. The Hall–Kier alpha value is -0.610. The molecule has 0 spiro atoms. The van der Waals surface area contributed by atoms with Crippen LogP contribution in [0, 0.1) is 46.3 Å². The van der Waals surface area contributed by atoms with E-state index in [1.807, 2.05) is 0 Å². The summed E-state index contributed by atoms with van der Waals surface area (Å²) >= 11 is 0. The topological polar surface area (TPSA) is 77.8 Å². The van der Waals surface area contributed by atoms with Gasteiger partial charge >= 0.3 is 5.97 Å². The quantitative estimate of drug-likeness (QED) is 0.659. The van der Waals surface area contributed by atoms with Crippen LogP contribution >= 0.6 is 0 Å². The van der Waals surface area contributed by atoms with E-state index in [2.05, 4.69) is 20.8 Å². The van der Waals surface area contributed by atoms with E-state index in [1.54, 1.807) is 0 Å². The van der Waals surface area contributed by atoms with Crippen molar-refractivity contribution in [1.29, 1.82) is 0 Å². The maximum absolute atomic E-state index is 11.1. The minimum atomic E-state index is -0.671. The highest BCUT2D eigenvalue weighted by Crippen LogP contribution is 2.68. The van der Waals surface area contributed by atoms with Gasteiger partial charge in [0.25, 0.3) is 0 Å². The van der Waals surface area contributed by atoms with Gasteiger partial charge in [-0.05, 0) is 104 Å². The van der Waals surface area contributed by atoms with Crippen LogP contribution in [0.2, 0.25) is 0 Å². The molecule has 0 aromatic heterocycles. The first-order valence-electron chi connectivity index (χ1n) is 11.8. The van der Waals surface area contributed by atoms with Gasteiger partial charge in [-0.2, -0.15) is 0 Å². The molecule has 3 N–H and O–H groups in total. The molecule has 0 heterocycles. The Bertz CT molecular complexity index is 605. The van der Waals surface area contributed by atoms with Crippen LogP contribution in [0.5, 0.6) is 0 Å². The molecule has 160 valence electrons. The average molecular weight is 393 g/mol. The van der Waals surface area contributed by atoms with Crippen LogP contribution in [0.15, 0.2) is 0 Å². The molecular weight excluding hydrogens is 352 g/mol. The van der Waals surface area contributed by atoms with E-state index in [1.165, 1.54) is 32.1 Å². The van der Waals surface area contributed by atoms with Crippen LogP contribution < -0.4 is 0 Å². The van der Waals surface area contributed by atoms with Gasteiger partial charge < -0.3 is 15.3 Å². The Morgan fingerprint density at radius 1 is 1.04 bits per heavy atom. The highest BCUT2D eigenvalue weighted by Gasteiger charge is 2.62. The predicted octanol–water partition coefficient (Wildman–Crippen LogP) is 4.48. The summed E-state index contributed by atoms with van der Waals surface area (Å²) in [6.07, 6.45) is 9.14. The summed E-state index contributed by atoms with van der Waals surface area (Å²) in [6.45, 7) is 7.10. The molecule has 0 aliphatic heterocycles. The van der Waals surface area contributed by atoms with E-state index >= 15 is 0 Å². The van der Waals surface area contributed by atoms with Crippen molar-refractivity contribution >= 4 is 5.97 Å². The number of aliphatic hydroxyl groups excluding tert-OH is 2. The number of hydrogen-bond donors (Lipinski definition) is 3. The Morgan fingerprint density at radius 3 is 2.50 bits per heavy atom. The van der Waals surface area contributed by atoms with Crippen LogP contribution in [0.3, 0.4) is 0 Å². The van der Waals surface area contributed by atoms with Gasteiger partial charge in [0.1, 0.15) is 0 Å². The maximum atomic E-state index is 11.1. The Kier molecular flexibility index (Phi) is 5.36. The lowest BCUT2D eigenvalue weighted by atomic mass is 9.43. The molecule has 0 aromatic rings. The van der Waals surface area contributed by atoms with Crippen LogP contribution in [-0.4, -0.2) is 33.5 Å². The van der Waals surface area contributed by atoms with Gasteiger partial charge in [-0.1, -0.05) is 20.8 Å². The molecule has 4 aliphatic rings. The lowest BCUT2D eigenvalue weighted by Gasteiger charge is -2.62. The lowest BCUT2D eigenvalue weighted by molar-refractivity contribution is -0.182. The third-order valence-electron chi connectivity index (χ3n) is 10.3. The smallest absolute Gasteiger partial charge is 0.303 e. The van der Waals surface area contributed by atoms with Crippen LogP contribution in [0.25, 0.3) is 0 Å². The normalized spacial score (nSPS) is 51.7. The van der Waals surface area contributed by atoms with Gasteiger partial charge in [-0.3, -0.25) is 4.79 Å². The number of carbonyl (C=O) groups is 1. The van der Waals surface area contributed by atoms with Gasteiger partial charge in [0.05, 0.1) is 12.2 Å². The van der Waals surface area contributed by atoms with Crippen molar-refractivity contribution in [2.75, 3.05) is 0 Å². The number of aliphatic carboxylic acids is 1. The maximum Gasteiger partial charge on any atom is 0.303 e. The first-order valence-corrected chi connectivity index (χ1v) is 11.8. The zero-order valence-electron chi connectivity index (χ0n) is 17.9. The number of fused-ring (bicyclic) bond motifs is 5. The molecule has 0 amide bonds.